The number of hydrogen-bond donors (Lipinski definition) is 2. The lowest BCUT2D eigenvalue weighted by Gasteiger charge is -2.32. The normalized spacial score (nSPS) is 16.5. The Labute approximate surface area is 142 Å². The fourth-order valence-electron chi connectivity index (χ4n) is 3.49. The summed E-state index contributed by atoms with van der Waals surface area (Å²) >= 11 is 0. The fourth-order valence-corrected chi connectivity index (χ4v) is 3.49. The van der Waals surface area contributed by atoms with Crippen molar-refractivity contribution in [3.05, 3.63) is 53.9 Å². The van der Waals surface area contributed by atoms with Crippen LogP contribution in [0.25, 0.3) is 10.9 Å². The Hall–Kier alpha value is -2.40. The van der Waals surface area contributed by atoms with Gasteiger partial charge in [-0.05, 0) is 31.4 Å². The average molecular weight is 321 g/mol. The first kappa shape index (κ1) is 15.1. The van der Waals surface area contributed by atoms with E-state index < -0.39 is 0 Å². The molecule has 4 rings (SSSR count). The number of aromatic nitrogens is 3. The molecular weight excluding hydrogens is 298 g/mol. The molecule has 3 aromatic rings. The van der Waals surface area contributed by atoms with Crippen molar-refractivity contribution in [2.45, 2.75) is 32.4 Å². The van der Waals surface area contributed by atoms with Gasteiger partial charge >= 0.3 is 0 Å². The minimum atomic E-state index is 0.476. The molecule has 5 nitrogen and oxygen atoms in total. The first-order valence-electron chi connectivity index (χ1n) is 8.62. The van der Waals surface area contributed by atoms with Crippen molar-refractivity contribution < 1.29 is 0 Å². The highest BCUT2D eigenvalue weighted by Crippen LogP contribution is 2.25. The van der Waals surface area contributed by atoms with Crippen LogP contribution in [0.5, 0.6) is 0 Å². The zero-order valence-electron chi connectivity index (χ0n) is 14.0. The monoisotopic (exact) mass is 321 g/mol. The van der Waals surface area contributed by atoms with Gasteiger partial charge in [-0.2, -0.15) is 5.10 Å². The molecule has 1 aromatic carbocycles. The van der Waals surface area contributed by atoms with Gasteiger partial charge in [-0.3, -0.25) is 10.00 Å². The number of piperidine rings is 1. The van der Waals surface area contributed by atoms with E-state index in [0.29, 0.717) is 6.04 Å². The molecule has 0 spiro atoms. The Morgan fingerprint density at radius 3 is 2.75 bits per heavy atom. The van der Waals surface area contributed by atoms with Crippen molar-refractivity contribution in [1.82, 2.24) is 20.1 Å². The highest BCUT2D eigenvalue weighted by molar-refractivity contribution is 5.91. The molecule has 0 amide bonds. The molecule has 0 unspecified atom stereocenters. The predicted molar refractivity (Wildman–Crippen MR) is 97.0 cm³/mol. The number of pyridine rings is 1. The summed E-state index contributed by atoms with van der Waals surface area (Å²) in [7, 11) is 0. The van der Waals surface area contributed by atoms with Crippen molar-refractivity contribution in [2.24, 2.45) is 0 Å². The first-order chi connectivity index (χ1) is 11.8. The highest BCUT2D eigenvalue weighted by Gasteiger charge is 2.20. The third-order valence-corrected chi connectivity index (χ3v) is 4.83. The van der Waals surface area contributed by atoms with Crippen molar-refractivity contribution in [2.75, 3.05) is 18.4 Å². The van der Waals surface area contributed by atoms with Crippen LogP contribution < -0.4 is 5.32 Å². The van der Waals surface area contributed by atoms with Gasteiger partial charge in [-0.15, -0.1) is 0 Å². The maximum Gasteiger partial charge on any atom is 0.137 e. The lowest BCUT2D eigenvalue weighted by molar-refractivity contribution is 0.211. The van der Waals surface area contributed by atoms with Crippen LogP contribution in [-0.2, 0) is 6.54 Å². The third kappa shape index (κ3) is 3.12. The Kier molecular flexibility index (Phi) is 4.17. The zero-order valence-corrected chi connectivity index (χ0v) is 14.0. The lowest BCUT2D eigenvalue weighted by Crippen LogP contribution is -2.38. The molecule has 3 heterocycles. The second-order valence-electron chi connectivity index (χ2n) is 6.58. The number of anilines is 1. The molecule has 1 fully saturated rings. The number of aromatic amines is 1. The van der Waals surface area contributed by atoms with Crippen LogP contribution in [0.1, 0.15) is 24.1 Å². The van der Waals surface area contributed by atoms with Gasteiger partial charge in [-0.25, -0.2) is 4.98 Å². The summed E-state index contributed by atoms with van der Waals surface area (Å²) in [6, 6.07) is 13.1. The number of aryl methyl sites for hydroxylation is 1. The summed E-state index contributed by atoms with van der Waals surface area (Å²) in [5.41, 5.74) is 3.44. The molecule has 24 heavy (non-hydrogen) atoms. The van der Waals surface area contributed by atoms with Crippen LogP contribution in [0.15, 0.2) is 42.6 Å². The molecule has 1 saturated heterocycles. The largest absolute Gasteiger partial charge is 0.367 e. The Bertz CT molecular complexity index is 803. The maximum atomic E-state index is 4.54. The van der Waals surface area contributed by atoms with Crippen LogP contribution in [0, 0.1) is 6.92 Å². The number of fused-ring (bicyclic) bond motifs is 1. The van der Waals surface area contributed by atoms with Gasteiger partial charge in [0.15, 0.2) is 0 Å². The van der Waals surface area contributed by atoms with E-state index in [-0.39, 0.29) is 0 Å². The standard InChI is InChI=1S/C19H23N5/c1-14-18-17(23-22-14)7-10-20-19(18)21-16-8-11-24(12-9-16)13-15-5-3-2-4-6-15/h2-7,10,16H,8-9,11-13H2,1H3,(H,20,21)(H,22,23). The van der Waals surface area contributed by atoms with Crippen LogP contribution in [0.4, 0.5) is 5.82 Å². The molecule has 1 aliphatic heterocycles. The summed E-state index contributed by atoms with van der Waals surface area (Å²) in [4.78, 5) is 7.07. The zero-order chi connectivity index (χ0) is 16.4. The molecule has 2 aromatic heterocycles. The summed E-state index contributed by atoms with van der Waals surface area (Å²) < 4.78 is 0. The van der Waals surface area contributed by atoms with E-state index in [1.165, 1.54) is 5.56 Å². The van der Waals surface area contributed by atoms with Gasteiger partial charge in [0.1, 0.15) is 5.82 Å². The summed E-state index contributed by atoms with van der Waals surface area (Å²) in [5, 5.41) is 12.1. The van der Waals surface area contributed by atoms with E-state index in [9.17, 15) is 0 Å². The molecule has 124 valence electrons. The van der Waals surface area contributed by atoms with Gasteiger partial charge < -0.3 is 5.32 Å². The SMILES string of the molecule is Cc1[nH]nc2ccnc(NC3CCN(Cc4ccccc4)CC3)c12. The van der Waals surface area contributed by atoms with Crippen molar-refractivity contribution in [1.29, 1.82) is 0 Å². The Morgan fingerprint density at radius 1 is 1.17 bits per heavy atom. The third-order valence-electron chi connectivity index (χ3n) is 4.83. The number of nitrogens with one attached hydrogen (secondary N) is 2. The molecular formula is C19H23N5. The van der Waals surface area contributed by atoms with Crippen LogP contribution >= 0.6 is 0 Å². The molecule has 0 bridgehead atoms. The topological polar surface area (TPSA) is 56.8 Å². The van der Waals surface area contributed by atoms with E-state index in [4.69, 9.17) is 0 Å². The number of benzene rings is 1. The summed E-state index contributed by atoms with van der Waals surface area (Å²) in [6.07, 6.45) is 4.11. The molecule has 0 saturated carbocycles. The van der Waals surface area contributed by atoms with Crippen LogP contribution in [0.3, 0.4) is 0 Å². The Balaban J connectivity index is 1.38. The summed E-state index contributed by atoms with van der Waals surface area (Å²) in [6.45, 7) is 5.33. The average Bonchev–Trinajstić information content (AvgIpc) is 3.00. The number of H-pyrrole nitrogens is 1. The van der Waals surface area contributed by atoms with E-state index in [1.54, 1.807) is 0 Å². The molecule has 1 aliphatic rings. The molecule has 0 radical (unpaired) electrons. The number of rotatable bonds is 4. The highest BCUT2D eigenvalue weighted by atomic mass is 15.2. The maximum absolute atomic E-state index is 4.54. The number of nitrogens with zero attached hydrogens (tertiary/aromatic N) is 3. The van der Waals surface area contributed by atoms with E-state index in [2.05, 4.69) is 55.7 Å². The minimum Gasteiger partial charge on any atom is -0.367 e. The molecule has 0 atom stereocenters. The second-order valence-corrected chi connectivity index (χ2v) is 6.58. The Morgan fingerprint density at radius 2 is 1.96 bits per heavy atom. The minimum absolute atomic E-state index is 0.476. The molecule has 2 N–H and O–H groups in total. The molecule has 0 aliphatic carbocycles. The molecule has 5 heteroatoms. The van der Waals surface area contributed by atoms with Crippen molar-refractivity contribution >= 4 is 16.7 Å². The van der Waals surface area contributed by atoms with Gasteiger partial charge in [0.2, 0.25) is 0 Å². The van der Waals surface area contributed by atoms with E-state index >= 15 is 0 Å². The number of likely N-dealkylation sites (tertiary alicyclic amines) is 1. The van der Waals surface area contributed by atoms with Gasteiger partial charge in [0.25, 0.3) is 0 Å². The van der Waals surface area contributed by atoms with Crippen molar-refractivity contribution in [3.8, 4) is 0 Å². The quantitative estimate of drug-likeness (QED) is 0.774. The second kappa shape index (κ2) is 6.61. The van der Waals surface area contributed by atoms with Gasteiger partial charge in [0.05, 0.1) is 10.9 Å². The first-order valence-corrected chi connectivity index (χ1v) is 8.62. The van der Waals surface area contributed by atoms with Crippen molar-refractivity contribution in [3.63, 3.8) is 0 Å². The number of hydrogen-bond acceptors (Lipinski definition) is 4. The van der Waals surface area contributed by atoms with Crippen LogP contribution in [-0.4, -0.2) is 39.2 Å². The summed E-state index contributed by atoms with van der Waals surface area (Å²) in [5.74, 6) is 0.959. The van der Waals surface area contributed by atoms with Gasteiger partial charge in [0, 0.05) is 37.6 Å². The van der Waals surface area contributed by atoms with Gasteiger partial charge in [-0.1, -0.05) is 30.3 Å². The van der Waals surface area contributed by atoms with E-state index in [0.717, 1.165) is 54.9 Å². The van der Waals surface area contributed by atoms with E-state index in [1.807, 2.05) is 19.2 Å². The smallest absolute Gasteiger partial charge is 0.137 e. The predicted octanol–water partition coefficient (Wildman–Crippen LogP) is 3.34. The fraction of sp³-hybridized carbons (Fsp3) is 0.368. The van der Waals surface area contributed by atoms with Crippen LogP contribution in [0.2, 0.25) is 0 Å². The lowest BCUT2D eigenvalue weighted by atomic mass is 10.0.